The Bertz CT molecular complexity index is 1050. The van der Waals surface area contributed by atoms with Gasteiger partial charge in [0.25, 0.3) is 10.0 Å². The van der Waals surface area contributed by atoms with Crippen molar-refractivity contribution in [2.24, 2.45) is 0 Å². The molecule has 0 bridgehead atoms. The van der Waals surface area contributed by atoms with Gasteiger partial charge >= 0.3 is 5.97 Å². The van der Waals surface area contributed by atoms with Crippen molar-refractivity contribution in [3.05, 3.63) is 58.8 Å². The van der Waals surface area contributed by atoms with E-state index in [-0.39, 0.29) is 17.5 Å². The zero-order valence-corrected chi connectivity index (χ0v) is 16.6. The van der Waals surface area contributed by atoms with Crippen LogP contribution in [0.3, 0.4) is 0 Å². The molecule has 7 nitrogen and oxygen atoms in total. The Morgan fingerprint density at radius 2 is 2.00 bits per heavy atom. The Morgan fingerprint density at radius 1 is 1.22 bits per heavy atom. The first kappa shape index (κ1) is 19.3. The lowest BCUT2D eigenvalue weighted by Crippen LogP contribution is -2.21. The van der Waals surface area contributed by atoms with Gasteiger partial charge in [0.1, 0.15) is 12.4 Å². The number of nitrogens with zero attached hydrogens (tertiary/aromatic N) is 2. The SMILES string of the molecule is Cc1nc(-c2cccs2)ccc1C(=O)OCc1ccc(S(=O)(=O)N(C)C)o1. The molecule has 0 saturated heterocycles. The van der Waals surface area contributed by atoms with E-state index < -0.39 is 16.0 Å². The number of aryl methyl sites for hydroxylation is 1. The van der Waals surface area contributed by atoms with Crippen LogP contribution in [0.4, 0.5) is 0 Å². The van der Waals surface area contributed by atoms with Gasteiger partial charge in [0, 0.05) is 14.1 Å². The number of hydrogen-bond acceptors (Lipinski definition) is 7. The van der Waals surface area contributed by atoms with Gasteiger partial charge in [0.05, 0.1) is 21.8 Å². The van der Waals surface area contributed by atoms with Gasteiger partial charge in [0.2, 0.25) is 5.09 Å². The van der Waals surface area contributed by atoms with E-state index in [1.54, 1.807) is 30.4 Å². The Kier molecular flexibility index (Phi) is 5.45. The van der Waals surface area contributed by atoms with Crippen LogP contribution in [0.5, 0.6) is 0 Å². The number of pyridine rings is 1. The molecule has 0 aliphatic heterocycles. The van der Waals surface area contributed by atoms with Crippen LogP contribution in [0.15, 0.2) is 51.3 Å². The van der Waals surface area contributed by atoms with E-state index in [2.05, 4.69) is 4.98 Å². The molecule has 0 aliphatic rings. The van der Waals surface area contributed by atoms with Crippen LogP contribution >= 0.6 is 11.3 Å². The maximum absolute atomic E-state index is 12.3. The van der Waals surface area contributed by atoms with Crippen molar-refractivity contribution in [3.63, 3.8) is 0 Å². The van der Waals surface area contributed by atoms with E-state index in [4.69, 9.17) is 9.15 Å². The highest BCUT2D eigenvalue weighted by Crippen LogP contribution is 2.24. The minimum atomic E-state index is -3.66. The molecule has 27 heavy (non-hydrogen) atoms. The molecule has 0 atom stereocenters. The lowest BCUT2D eigenvalue weighted by Gasteiger charge is -2.08. The van der Waals surface area contributed by atoms with Crippen LogP contribution in [0.25, 0.3) is 10.6 Å². The highest BCUT2D eigenvalue weighted by molar-refractivity contribution is 7.88. The van der Waals surface area contributed by atoms with Crippen LogP contribution in [0.1, 0.15) is 21.8 Å². The van der Waals surface area contributed by atoms with Crippen LogP contribution in [-0.4, -0.2) is 37.8 Å². The summed E-state index contributed by atoms with van der Waals surface area (Å²) in [6.45, 7) is 1.57. The van der Waals surface area contributed by atoms with Crippen molar-refractivity contribution in [1.29, 1.82) is 0 Å². The van der Waals surface area contributed by atoms with E-state index in [9.17, 15) is 13.2 Å². The number of ether oxygens (including phenoxy) is 1. The number of carbonyl (C=O) groups excluding carboxylic acids is 1. The fraction of sp³-hybridized carbons (Fsp3) is 0.222. The fourth-order valence-electron chi connectivity index (χ4n) is 2.31. The molecule has 0 unspecified atom stereocenters. The first-order valence-corrected chi connectivity index (χ1v) is 10.3. The molecule has 0 aromatic carbocycles. The molecule has 9 heteroatoms. The molecule has 0 saturated carbocycles. The minimum Gasteiger partial charge on any atom is -0.454 e. The van der Waals surface area contributed by atoms with E-state index in [0.717, 1.165) is 14.9 Å². The van der Waals surface area contributed by atoms with Gasteiger partial charge in [-0.05, 0) is 42.6 Å². The van der Waals surface area contributed by atoms with Gasteiger partial charge < -0.3 is 9.15 Å². The van der Waals surface area contributed by atoms with Crippen LogP contribution in [0.2, 0.25) is 0 Å². The second-order valence-electron chi connectivity index (χ2n) is 5.89. The van der Waals surface area contributed by atoms with Crippen LogP contribution < -0.4 is 0 Å². The minimum absolute atomic E-state index is 0.173. The molecule has 3 rings (SSSR count). The summed E-state index contributed by atoms with van der Waals surface area (Å²) in [5.74, 6) is -0.310. The van der Waals surface area contributed by atoms with E-state index in [0.29, 0.717) is 11.3 Å². The maximum Gasteiger partial charge on any atom is 0.340 e. The van der Waals surface area contributed by atoms with Gasteiger partial charge in [0.15, 0.2) is 0 Å². The van der Waals surface area contributed by atoms with E-state index in [1.807, 2.05) is 17.5 Å². The van der Waals surface area contributed by atoms with Crippen molar-refractivity contribution in [2.45, 2.75) is 18.6 Å². The van der Waals surface area contributed by atoms with Gasteiger partial charge in [-0.15, -0.1) is 11.3 Å². The molecule has 0 spiro atoms. The fourth-order valence-corrected chi connectivity index (χ4v) is 3.81. The Morgan fingerprint density at radius 3 is 2.63 bits per heavy atom. The number of furan rings is 1. The lowest BCUT2D eigenvalue weighted by atomic mass is 10.2. The number of esters is 1. The predicted molar refractivity (Wildman–Crippen MR) is 101 cm³/mol. The topological polar surface area (TPSA) is 89.7 Å². The number of aromatic nitrogens is 1. The van der Waals surface area contributed by atoms with E-state index in [1.165, 1.54) is 26.2 Å². The van der Waals surface area contributed by atoms with Crippen LogP contribution in [-0.2, 0) is 21.4 Å². The van der Waals surface area contributed by atoms with Crippen molar-refractivity contribution in [3.8, 4) is 10.6 Å². The predicted octanol–water partition coefficient (Wildman–Crippen LogP) is 3.32. The van der Waals surface area contributed by atoms with Gasteiger partial charge in [-0.2, -0.15) is 0 Å². The molecule has 0 fully saturated rings. The van der Waals surface area contributed by atoms with Crippen molar-refractivity contribution in [1.82, 2.24) is 9.29 Å². The van der Waals surface area contributed by atoms with Gasteiger partial charge in [-0.3, -0.25) is 4.98 Å². The molecule has 0 N–H and O–H groups in total. The highest BCUT2D eigenvalue weighted by atomic mass is 32.2. The van der Waals surface area contributed by atoms with E-state index >= 15 is 0 Å². The average molecular weight is 406 g/mol. The monoisotopic (exact) mass is 406 g/mol. The Balaban J connectivity index is 1.69. The molecule has 0 radical (unpaired) electrons. The Labute approximate surface area is 161 Å². The summed E-state index contributed by atoms with van der Waals surface area (Å²) in [6.07, 6.45) is 0. The molecular formula is C18H18N2O5S2. The quantitative estimate of drug-likeness (QED) is 0.584. The first-order chi connectivity index (χ1) is 12.8. The normalized spacial score (nSPS) is 11.7. The lowest BCUT2D eigenvalue weighted by molar-refractivity contribution is 0.0439. The Hall–Kier alpha value is -2.49. The smallest absolute Gasteiger partial charge is 0.340 e. The third-order valence-corrected chi connectivity index (χ3v) is 6.38. The third kappa shape index (κ3) is 4.10. The van der Waals surface area contributed by atoms with Gasteiger partial charge in [-0.1, -0.05) is 6.07 Å². The maximum atomic E-state index is 12.3. The summed E-state index contributed by atoms with van der Waals surface area (Å²) in [7, 11) is -0.843. The summed E-state index contributed by atoms with van der Waals surface area (Å²) in [5.41, 5.74) is 1.70. The summed E-state index contributed by atoms with van der Waals surface area (Å²) in [5, 5.41) is 1.76. The highest BCUT2D eigenvalue weighted by Gasteiger charge is 2.22. The summed E-state index contributed by atoms with van der Waals surface area (Å²) >= 11 is 1.57. The first-order valence-electron chi connectivity index (χ1n) is 7.99. The number of hydrogen-bond donors (Lipinski definition) is 0. The van der Waals surface area contributed by atoms with Gasteiger partial charge in [-0.25, -0.2) is 17.5 Å². The number of sulfonamides is 1. The average Bonchev–Trinajstić information content (AvgIpc) is 3.31. The third-order valence-electron chi connectivity index (χ3n) is 3.80. The zero-order chi connectivity index (χ0) is 19.6. The van der Waals surface area contributed by atoms with Crippen molar-refractivity contribution in [2.75, 3.05) is 14.1 Å². The summed E-state index contributed by atoms with van der Waals surface area (Å²) in [6, 6.07) is 10.1. The molecule has 3 aromatic rings. The molecule has 0 amide bonds. The standard InChI is InChI=1S/C18H18N2O5S2/c1-12-14(7-8-15(19-12)16-5-4-10-26-16)18(21)24-11-13-6-9-17(25-13)27(22,23)20(2)3/h4-10H,11H2,1-3H3. The van der Waals surface area contributed by atoms with Crippen molar-refractivity contribution >= 4 is 27.3 Å². The molecule has 3 aromatic heterocycles. The molecule has 142 valence electrons. The molecule has 3 heterocycles. The molecular weight excluding hydrogens is 388 g/mol. The second-order valence-corrected chi connectivity index (χ2v) is 8.92. The largest absolute Gasteiger partial charge is 0.454 e. The second kappa shape index (κ2) is 7.63. The van der Waals surface area contributed by atoms with Crippen molar-refractivity contribution < 1.29 is 22.4 Å². The molecule has 0 aliphatic carbocycles. The summed E-state index contributed by atoms with van der Waals surface area (Å²) < 4.78 is 35.5. The number of thiophene rings is 1. The number of rotatable bonds is 6. The summed E-state index contributed by atoms with van der Waals surface area (Å²) in [4.78, 5) is 17.8. The number of carbonyl (C=O) groups is 1. The zero-order valence-electron chi connectivity index (χ0n) is 15.0. The van der Waals surface area contributed by atoms with Crippen LogP contribution in [0, 0.1) is 6.92 Å².